The fourth-order valence-corrected chi connectivity index (χ4v) is 6.67. The van der Waals surface area contributed by atoms with Crippen LogP contribution in [0.5, 0.6) is 5.75 Å². The lowest BCUT2D eigenvalue weighted by molar-refractivity contribution is -0.172. The number of nitriles is 1. The highest BCUT2D eigenvalue weighted by Gasteiger charge is 2.45. The van der Waals surface area contributed by atoms with Gasteiger partial charge >= 0.3 is 12.1 Å². The van der Waals surface area contributed by atoms with Crippen molar-refractivity contribution in [3.8, 4) is 23.2 Å². The Morgan fingerprint density at radius 1 is 1.14 bits per heavy atom. The number of anilines is 1. The van der Waals surface area contributed by atoms with Crippen molar-refractivity contribution in [1.29, 1.82) is 5.26 Å². The molecule has 0 saturated carbocycles. The number of aryl methyl sites for hydroxylation is 2. The fourth-order valence-electron chi connectivity index (χ4n) is 6.67. The molecule has 0 spiro atoms. The second-order valence-corrected chi connectivity index (χ2v) is 12.6. The van der Waals surface area contributed by atoms with Crippen molar-refractivity contribution >= 4 is 28.7 Å². The lowest BCUT2D eigenvalue weighted by Gasteiger charge is -2.31. The number of benzene rings is 2. The predicted octanol–water partition coefficient (Wildman–Crippen LogP) is 6.40. The maximum absolute atomic E-state index is 13.7. The van der Waals surface area contributed by atoms with E-state index in [1.807, 2.05) is 57.2 Å². The molecule has 0 fully saturated rings. The Kier molecular flexibility index (Phi) is 9.43. The molecular weight excluding hydrogens is 624 g/mol. The number of ether oxygens (including phenoxy) is 3. The summed E-state index contributed by atoms with van der Waals surface area (Å²) in [5.74, 6) is -0.244. The third-order valence-electron chi connectivity index (χ3n) is 9.52. The van der Waals surface area contributed by atoms with Gasteiger partial charge < -0.3 is 23.9 Å². The molecule has 6 rings (SSSR count). The van der Waals surface area contributed by atoms with Gasteiger partial charge in [-0.2, -0.15) is 5.26 Å². The molecule has 1 amide bonds. The third-order valence-corrected chi connectivity index (χ3v) is 9.52. The average molecular weight is 665 g/mol. The number of nitrogens with zero attached hydrogens (tertiary/aromatic N) is 4. The molecule has 4 heterocycles. The number of esters is 1. The lowest BCUT2D eigenvalue weighted by Crippen LogP contribution is -2.44. The first-order chi connectivity index (χ1) is 23.6. The normalized spacial score (nSPS) is 16.6. The summed E-state index contributed by atoms with van der Waals surface area (Å²) >= 11 is 0. The van der Waals surface area contributed by atoms with Gasteiger partial charge in [-0.3, -0.25) is 4.79 Å². The minimum absolute atomic E-state index is 0.0705. The van der Waals surface area contributed by atoms with Crippen LogP contribution >= 0.6 is 0 Å². The van der Waals surface area contributed by atoms with Gasteiger partial charge in [-0.05, 0) is 68.1 Å². The molecule has 2 aromatic heterocycles. The summed E-state index contributed by atoms with van der Waals surface area (Å²) in [4.78, 5) is 46.1. The van der Waals surface area contributed by atoms with Gasteiger partial charge in [0.1, 0.15) is 18.5 Å². The first kappa shape index (κ1) is 33.7. The number of aromatic nitrogens is 2. The largest absolute Gasteiger partial charge is 0.473 e. The molecular formula is C38H40N4O7. The van der Waals surface area contributed by atoms with Crippen LogP contribution in [-0.2, 0) is 39.4 Å². The van der Waals surface area contributed by atoms with Gasteiger partial charge in [0, 0.05) is 16.5 Å². The molecule has 2 unspecified atom stereocenters. The maximum Gasteiger partial charge on any atom is 0.417 e. The van der Waals surface area contributed by atoms with Crippen LogP contribution in [0.3, 0.4) is 0 Å². The third kappa shape index (κ3) is 6.13. The van der Waals surface area contributed by atoms with Crippen LogP contribution in [-0.4, -0.2) is 39.6 Å². The molecule has 1 N–H and O–H groups in total. The van der Waals surface area contributed by atoms with Gasteiger partial charge in [0.15, 0.2) is 12.3 Å². The van der Waals surface area contributed by atoms with Crippen LogP contribution in [0.15, 0.2) is 53.3 Å². The second-order valence-electron chi connectivity index (χ2n) is 12.6. The molecule has 2 aliphatic rings. The van der Waals surface area contributed by atoms with Crippen molar-refractivity contribution in [1.82, 2.24) is 9.55 Å². The maximum atomic E-state index is 13.7. The van der Waals surface area contributed by atoms with Gasteiger partial charge in [-0.15, -0.1) is 0 Å². The fraction of sp³-hybridized carbons (Fsp3) is 0.395. The van der Waals surface area contributed by atoms with Gasteiger partial charge in [0.2, 0.25) is 0 Å². The zero-order chi connectivity index (χ0) is 34.9. The number of amides is 1. The Morgan fingerprint density at radius 2 is 1.92 bits per heavy atom. The first-order valence-electron chi connectivity index (χ1n) is 16.8. The van der Waals surface area contributed by atoms with Gasteiger partial charge in [-0.25, -0.2) is 19.5 Å². The van der Waals surface area contributed by atoms with E-state index < -0.39 is 23.8 Å². The summed E-state index contributed by atoms with van der Waals surface area (Å²) in [7, 11) is 0. The monoisotopic (exact) mass is 664 g/mol. The number of unbranched alkanes of at least 4 members (excludes halogenated alkanes) is 1. The molecule has 0 aliphatic carbocycles. The molecule has 0 bridgehead atoms. The number of fused-ring (bicyclic) bond motifs is 5. The Labute approximate surface area is 284 Å². The molecule has 254 valence electrons. The van der Waals surface area contributed by atoms with Crippen molar-refractivity contribution in [2.45, 2.75) is 91.1 Å². The predicted molar refractivity (Wildman–Crippen MR) is 183 cm³/mol. The zero-order valence-electron chi connectivity index (χ0n) is 28.2. The highest BCUT2D eigenvalue weighted by atomic mass is 16.6. The average Bonchev–Trinajstić information content (AvgIpc) is 3.47. The second kappa shape index (κ2) is 13.7. The smallest absolute Gasteiger partial charge is 0.417 e. The number of cyclic esters (lactones) is 1. The number of pyridine rings is 2. The number of hydrogen-bond donors (Lipinski definition) is 1. The molecule has 2 aromatic carbocycles. The van der Waals surface area contributed by atoms with E-state index in [0.717, 1.165) is 34.9 Å². The minimum atomic E-state index is -1.90. The van der Waals surface area contributed by atoms with E-state index in [2.05, 4.69) is 6.07 Å². The Bertz CT molecular complexity index is 2030. The van der Waals surface area contributed by atoms with Gasteiger partial charge in [-0.1, -0.05) is 51.3 Å². The van der Waals surface area contributed by atoms with E-state index in [1.165, 1.54) is 4.90 Å². The summed E-state index contributed by atoms with van der Waals surface area (Å²) in [5, 5.41) is 21.4. The van der Waals surface area contributed by atoms with Crippen molar-refractivity contribution in [3.05, 3.63) is 86.7 Å². The van der Waals surface area contributed by atoms with Crippen LogP contribution in [0, 0.1) is 18.3 Å². The number of hydrogen-bond acceptors (Lipinski definition) is 9. The van der Waals surface area contributed by atoms with Crippen LogP contribution < -0.4 is 15.2 Å². The molecule has 11 heteroatoms. The summed E-state index contributed by atoms with van der Waals surface area (Å²) in [6.07, 6.45) is 2.08. The topological polar surface area (TPSA) is 144 Å². The highest BCUT2D eigenvalue weighted by molar-refractivity contribution is 5.90. The van der Waals surface area contributed by atoms with Crippen LogP contribution in [0.25, 0.3) is 22.3 Å². The quantitative estimate of drug-likeness (QED) is 0.125. The minimum Gasteiger partial charge on any atom is -0.473 e. The Morgan fingerprint density at radius 3 is 2.61 bits per heavy atom. The lowest BCUT2D eigenvalue weighted by atomic mass is 9.86. The SMILES string of the molecule is CCCCC(CC#N)OC(=O)N(COc1ccc2nc3c(c(CC)c2c1)Cn1c-3cc2c(c1=O)COC(=O)C2(O)CC)c1ccc(C)cc1. The zero-order valence-corrected chi connectivity index (χ0v) is 28.2. The molecule has 2 aliphatic heterocycles. The van der Waals surface area contributed by atoms with Crippen molar-refractivity contribution in [3.63, 3.8) is 0 Å². The van der Waals surface area contributed by atoms with Crippen LogP contribution in [0.2, 0.25) is 0 Å². The molecule has 0 radical (unpaired) electrons. The van der Waals surface area contributed by atoms with E-state index in [-0.39, 0.29) is 42.9 Å². The van der Waals surface area contributed by atoms with Crippen molar-refractivity contribution < 1.29 is 28.9 Å². The number of aliphatic hydroxyl groups is 1. The van der Waals surface area contributed by atoms with E-state index >= 15 is 0 Å². The number of carbonyl (C=O) groups excluding carboxylic acids is 2. The number of rotatable bonds is 11. The molecule has 2 atom stereocenters. The summed E-state index contributed by atoms with van der Waals surface area (Å²) < 4.78 is 18.9. The van der Waals surface area contributed by atoms with Crippen molar-refractivity contribution in [2.75, 3.05) is 11.6 Å². The Hall–Kier alpha value is -5.21. The molecule has 4 aromatic rings. The van der Waals surface area contributed by atoms with E-state index in [0.29, 0.717) is 47.7 Å². The first-order valence-corrected chi connectivity index (χ1v) is 16.8. The summed E-state index contributed by atoms with van der Waals surface area (Å²) in [5.41, 5.74) is 3.76. The summed E-state index contributed by atoms with van der Waals surface area (Å²) in [6, 6.07) is 16.8. The van der Waals surface area contributed by atoms with Crippen LogP contribution in [0.4, 0.5) is 10.5 Å². The molecule has 0 saturated heterocycles. The highest BCUT2D eigenvalue weighted by Crippen LogP contribution is 2.41. The van der Waals surface area contributed by atoms with Crippen molar-refractivity contribution in [2.24, 2.45) is 0 Å². The van der Waals surface area contributed by atoms with E-state index in [4.69, 9.17) is 19.2 Å². The van der Waals surface area contributed by atoms with E-state index in [1.54, 1.807) is 23.6 Å². The number of carbonyl (C=O) groups is 2. The standard InChI is InChI=1S/C38H40N4O7/c1-5-8-9-25(16-17-39)49-37(45)42(24-12-10-23(4)11-13-24)22-48-26-14-15-32-28(18-26)27(6-2)29-20-41-33(34(29)40-32)19-31-30(35(41)43)21-47-36(44)38(31,46)7-3/h10-15,18-19,25,46H,5-9,16,20-22H2,1-4H3. The molecule has 49 heavy (non-hydrogen) atoms. The van der Waals surface area contributed by atoms with Gasteiger partial charge in [0.25, 0.3) is 5.56 Å². The van der Waals surface area contributed by atoms with Crippen LogP contribution in [0.1, 0.15) is 80.7 Å². The molecule has 11 nitrogen and oxygen atoms in total. The Balaban J connectivity index is 1.32. The van der Waals surface area contributed by atoms with Gasteiger partial charge in [0.05, 0.1) is 47.2 Å². The van der Waals surface area contributed by atoms with E-state index in [9.17, 15) is 24.8 Å². The summed E-state index contributed by atoms with van der Waals surface area (Å²) in [6.45, 7) is 7.70.